The van der Waals surface area contributed by atoms with Crippen LogP contribution in [-0.4, -0.2) is 23.9 Å². The summed E-state index contributed by atoms with van der Waals surface area (Å²) in [7, 11) is 0. The van der Waals surface area contributed by atoms with Crippen molar-refractivity contribution in [2.45, 2.75) is 12.6 Å². The molecule has 0 spiro atoms. The van der Waals surface area contributed by atoms with Gasteiger partial charge in [-0.2, -0.15) is 10.1 Å². The van der Waals surface area contributed by atoms with Gasteiger partial charge < -0.3 is 5.43 Å². The van der Waals surface area contributed by atoms with E-state index >= 15 is 0 Å². The van der Waals surface area contributed by atoms with E-state index in [-0.39, 0.29) is 0 Å². The van der Waals surface area contributed by atoms with Gasteiger partial charge in [-0.25, -0.2) is 0 Å². The minimum atomic E-state index is 0.343. The Hall–Kier alpha value is -1.03. The highest BCUT2D eigenvalue weighted by Crippen LogP contribution is 2.04. The van der Waals surface area contributed by atoms with Crippen molar-refractivity contribution in [2.24, 2.45) is 5.10 Å². The number of hydrogen-bond donors (Lipinski definition) is 2. The molecule has 10 heavy (non-hydrogen) atoms. The molecule has 2 N–H and O–H groups in total. The lowest BCUT2D eigenvalue weighted by atomic mass is 10.4. The summed E-state index contributed by atoms with van der Waals surface area (Å²) in [6.45, 7) is 0.959. The maximum absolute atomic E-state index is 3.92. The lowest BCUT2D eigenvalue weighted by Crippen LogP contribution is -2.45. The summed E-state index contributed by atoms with van der Waals surface area (Å²) >= 11 is 0. The largest absolute Gasteiger partial charge is 0.324 e. The van der Waals surface area contributed by atoms with Gasteiger partial charge in [0.1, 0.15) is 6.17 Å². The van der Waals surface area contributed by atoms with E-state index in [4.69, 9.17) is 0 Å². The Balaban J connectivity index is 1.89. The number of rotatable bonds is 1. The molecule has 2 rings (SSSR count). The van der Waals surface area contributed by atoms with Gasteiger partial charge in [-0.3, -0.25) is 5.43 Å². The topological polar surface area (TPSA) is 39.7 Å². The normalized spacial score (nSPS) is 30.6. The number of hydrazine groups is 1. The molecule has 54 valence electrons. The molecule has 0 aliphatic carbocycles. The van der Waals surface area contributed by atoms with E-state index in [9.17, 15) is 0 Å². The Morgan fingerprint density at radius 1 is 1.60 bits per heavy atom. The van der Waals surface area contributed by atoms with Crippen LogP contribution >= 0.6 is 0 Å². The summed E-state index contributed by atoms with van der Waals surface area (Å²) in [5.41, 5.74) is 6.10. The summed E-state index contributed by atoms with van der Waals surface area (Å²) < 4.78 is 0. The number of hydrogen-bond acceptors (Lipinski definition) is 4. The fourth-order valence-electron chi connectivity index (χ4n) is 1.13. The highest BCUT2D eigenvalue weighted by Gasteiger charge is 2.19. The molecule has 4 heteroatoms. The maximum atomic E-state index is 3.92. The van der Waals surface area contributed by atoms with Crippen molar-refractivity contribution in [3.8, 4) is 0 Å². The molecule has 0 saturated carbocycles. The van der Waals surface area contributed by atoms with Crippen LogP contribution in [0.5, 0.6) is 0 Å². The second-order valence-electron chi connectivity index (χ2n) is 2.38. The third-order valence-electron chi connectivity index (χ3n) is 1.68. The molecule has 0 aromatic carbocycles. The lowest BCUT2D eigenvalue weighted by molar-refractivity contribution is 0.168. The van der Waals surface area contributed by atoms with Crippen LogP contribution in [0.15, 0.2) is 17.4 Å². The molecule has 0 saturated heterocycles. The molecular formula is C6H10N4. The Labute approximate surface area is 59.6 Å². The predicted octanol–water partition coefficient (Wildman–Crippen LogP) is -0.375. The van der Waals surface area contributed by atoms with Crippen molar-refractivity contribution in [1.29, 1.82) is 0 Å². The second-order valence-corrected chi connectivity index (χ2v) is 2.38. The van der Waals surface area contributed by atoms with E-state index in [1.54, 1.807) is 0 Å². The van der Waals surface area contributed by atoms with Crippen molar-refractivity contribution in [3.63, 3.8) is 0 Å². The fourth-order valence-corrected chi connectivity index (χ4v) is 1.13. The SMILES string of the molecule is C1=CNN(C2CC=NN2)C1. The van der Waals surface area contributed by atoms with Crippen LogP contribution in [0, 0.1) is 0 Å². The van der Waals surface area contributed by atoms with Gasteiger partial charge >= 0.3 is 0 Å². The molecule has 2 heterocycles. The van der Waals surface area contributed by atoms with Crippen LogP contribution in [0.1, 0.15) is 6.42 Å². The molecule has 0 fully saturated rings. The zero-order valence-electron chi connectivity index (χ0n) is 5.62. The third kappa shape index (κ3) is 0.863. The first-order chi connectivity index (χ1) is 4.97. The Morgan fingerprint density at radius 3 is 3.20 bits per heavy atom. The van der Waals surface area contributed by atoms with E-state index in [2.05, 4.69) is 27.0 Å². The standard InChI is InChI=1S/C6H10N4/c1-3-8-10(5-1)6-2-4-7-9-6/h1,3-4,6,8-9H,2,5H2. The molecule has 0 bridgehead atoms. The average molecular weight is 138 g/mol. The molecule has 0 radical (unpaired) electrons. The first-order valence-electron chi connectivity index (χ1n) is 3.42. The monoisotopic (exact) mass is 138 g/mol. The number of hydrazone groups is 1. The van der Waals surface area contributed by atoms with Crippen molar-refractivity contribution < 1.29 is 0 Å². The first kappa shape index (κ1) is 5.73. The third-order valence-corrected chi connectivity index (χ3v) is 1.68. The maximum Gasteiger partial charge on any atom is 0.118 e. The first-order valence-corrected chi connectivity index (χ1v) is 3.42. The van der Waals surface area contributed by atoms with Crippen LogP contribution in [0.2, 0.25) is 0 Å². The van der Waals surface area contributed by atoms with Gasteiger partial charge in [0.2, 0.25) is 0 Å². The van der Waals surface area contributed by atoms with E-state index in [1.165, 1.54) is 0 Å². The highest BCUT2D eigenvalue weighted by molar-refractivity contribution is 5.59. The van der Waals surface area contributed by atoms with Crippen LogP contribution < -0.4 is 10.9 Å². The summed E-state index contributed by atoms with van der Waals surface area (Å²) in [6.07, 6.45) is 7.24. The fraction of sp³-hybridized carbons (Fsp3) is 0.500. The summed E-state index contributed by atoms with van der Waals surface area (Å²) in [4.78, 5) is 0. The predicted molar refractivity (Wildman–Crippen MR) is 39.0 cm³/mol. The van der Waals surface area contributed by atoms with Crippen molar-refractivity contribution in [3.05, 3.63) is 12.3 Å². The van der Waals surface area contributed by atoms with Crippen molar-refractivity contribution in [2.75, 3.05) is 6.54 Å². The van der Waals surface area contributed by atoms with Crippen molar-refractivity contribution >= 4 is 6.21 Å². The minimum Gasteiger partial charge on any atom is -0.324 e. The highest BCUT2D eigenvalue weighted by atomic mass is 15.6. The minimum absolute atomic E-state index is 0.343. The van der Waals surface area contributed by atoms with Crippen LogP contribution in [0.25, 0.3) is 0 Å². The number of nitrogens with one attached hydrogen (secondary N) is 2. The van der Waals surface area contributed by atoms with E-state index in [1.807, 2.05) is 12.4 Å². The van der Waals surface area contributed by atoms with Gasteiger partial charge in [0.05, 0.1) is 0 Å². The molecule has 0 aromatic rings. The number of nitrogens with zero attached hydrogens (tertiary/aromatic N) is 2. The molecule has 1 atom stereocenters. The van der Waals surface area contributed by atoms with Crippen LogP contribution in [-0.2, 0) is 0 Å². The summed E-state index contributed by atoms with van der Waals surface area (Å²) in [5.74, 6) is 0. The van der Waals surface area contributed by atoms with Crippen LogP contribution in [0.4, 0.5) is 0 Å². The van der Waals surface area contributed by atoms with Gasteiger partial charge in [-0.05, 0) is 0 Å². The molecule has 4 nitrogen and oxygen atoms in total. The smallest absolute Gasteiger partial charge is 0.118 e. The van der Waals surface area contributed by atoms with Gasteiger partial charge in [-0.15, -0.1) is 0 Å². The molecule has 0 aromatic heterocycles. The summed E-state index contributed by atoms with van der Waals surface area (Å²) in [6, 6.07) is 0. The molecule has 0 amide bonds. The molecular weight excluding hydrogens is 128 g/mol. The lowest BCUT2D eigenvalue weighted by Gasteiger charge is -2.22. The van der Waals surface area contributed by atoms with Gasteiger partial charge in [0, 0.05) is 25.4 Å². The van der Waals surface area contributed by atoms with Gasteiger partial charge in [0.15, 0.2) is 0 Å². The Kier molecular flexibility index (Phi) is 1.32. The Morgan fingerprint density at radius 2 is 2.60 bits per heavy atom. The zero-order chi connectivity index (χ0) is 6.81. The second kappa shape index (κ2) is 2.30. The van der Waals surface area contributed by atoms with Gasteiger partial charge in [0.25, 0.3) is 0 Å². The molecule has 2 aliphatic rings. The zero-order valence-corrected chi connectivity index (χ0v) is 5.62. The van der Waals surface area contributed by atoms with Crippen molar-refractivity contribution in [1.82, 2.24) is 15.9 Å². The van der Waals surface area contributed by atoms with Gasteiger partial charge in [-0.1, -0.05) is 6.08 Å². The van der Waals surface area contributed by atoms with E-state index in [0.717, 1.165) is 13.0 Å². The quantitative estimate of drug-likeness (QED) is 0.519. The Bertz CT molecular complexity index is 139. The molecule has 1 unspecified atom stereocenters. The average Bonchev–Trinajstić information content (AvgIpc) is 2.59. The van der Waals surface area contributed by atoms with Crippen LogP contribution in [0.3, 0.4) is 0 Å². The molecule has 2 aliphatic heterocycles. The summed E-state index contributed by atoms with van der Waals surface area (Å²) in [5, 5.41) is 6.03. The van der Waals surface area contributed by atoms with E-state index in [0.29, 0.717) is 6.17 Å². The van der Waals surface area contributed by atoms with E-state index < -0.39 is 0 Å².